The largest absolute Gasteiger partial charge is 0.353 e. The van der Waals surface area contributed by atoms with Gasteiger partial charge in [0.15, 0.2) is 10.9 Å². The fourth-order valence-electron chi connectivity index (χ4n) is 1.72. The first-order valence-corrected chi connectivity index (χ1v) is 8.03. The van der Waals surface area contributed by atoms with Gasteiger partial charge in [-0.1, -0.05) is 49.0 Å². The van der Waals surface area contributed by atoms with Gasteiger partial charge in [-0.2, -0.15) is 0 Å². The Hall–Kier alpha value is -2.15. The molecule has 0 aliphatic heterocycles. The summed E-state index contributed by atoms with van der Waals surface area (Å²) in [4.78, 5) is 26.4. The number of carbonyl (C=O) groups is 1. The summed E-state index contributed by atoms with van der Waals surface area (Å²) >= 11 is 1.16. The molecule has 1 heterocycles. The van der Waals surface area contributed by atoms with Crippen LogP contribution in [0.4, 0.5) is 0 Å². The van der Waals surface area contributed by atoms with E-state index in [4.69, 9.17) is 0 Å². The Morgan fingerprint density at radius 1 is 1.32 bits per heavy atom. The predicted octanol–water partition coefficient (Wildman–Crippen LogP) is 1.84. The number of H-pyrrole nitrogens is 1. The molecule has 7 heteroatoms. The summed E-state index contributed by atoms with van der Waals surface area (Å²) in [7, 11) is 0. The van der Waals surface area contributed by atoms with Crippen LogP contribution in [0.1, 0.15) is 20.3 Å². The van der Waals surface area contributed by atoms with Gasteiger partial charge in [0.25, 0.3) is 5.56 Å². The number of carbonyl (C=O) groups excluding carboxylic acids is 1. The van der Waals surface area contributed by atoms with Gasteiger partial charge >= 0.3 is 0 Å². The molecule has 6 nitrogen and oxygen atoms in total. The number of aromatic nitrogens is 3. The van der Waals surface area contributed by atoms with E-state index in [-0.39, 0.29) is 29.0 Å². The molecular formula is C15H18N4O2S. The van der Waals surface area contributed by atoms with Crippen LogP contribution in [0, 0.1) is 0 Å². The van der Waals surface area contributed by atoms with Gasteiger partial charge in [-0.3, -0.25) is 14.6 Å². The van der Waals surface area contributed by atoms with Gasteiger partial charge < -0.3 is 5.32 Å². The Morgan fingerprint density at radius 2 is 2.05 bits per heavy atom. The lowest BCUT2D eigenvalue weighted by molar-refractivity contribution is -0.119. The zero-order valence-electron chi connectivity index (χ0n) is 12.5. The fraction of sp³-hybridized carbons (Fsp3) is 0.333. The van der Waals surface area contributed by atoms with Crippen LogP contribution in [0.2, 0.25) is 0 Å². The summed E-state index contributed by atoms with van der Waals surface area (Å²) < 4.78 is 0. The molecule has 2 rings (SSSR count). The SMILES string of the molecule is CCC(C)NC(=O)CSc1nnc(-c2ccccc2)c(=O)[nH]1. The van der Waals surface area contributed by atoms with Crippen LogP contribution in [0.25, 0.3) is 11.3 Å². The average Bonchev–Trinajstić information content (AvgIpc) is 2.53. The summed E-state index contributed by atoms with van der Waals surface area (Å²) in [6.07, 6.45) is 0.874. The Balaban J connectivity index is 2.01. The molecule has 1 unspecified atom stereocenters. The number of rotatable bonds is 6. The van der Waals surface area contributed by atoms with Crippen molar-refractivity contribution in [1.29, 1.82) is 0 Å². The summed E-state index contributed by atoms with van der Waals surface area (Å²) in [5.74, 6) is 0.105. The van der Waals surface area contributed by atoms with E-state index in [2.05, 4.69) is 20.5 Å². The van der Waals surface area contributed by atoms with Crippen LogP contribution in [-0.2, 0) is 4.79 Å². The average molecular weight is 318 g/mol. The van der Waals surface area contributed by atoms with E-state index in [9.17, 15) is 9.59 Å². The summed E-state index contributed by atoms with van der Waals surface area (Å²) in [6, 6.07) is 9.26. The third kappa shape index (κ3) is 4.42. The number of amides is 1. The van der Waals surface area contributed by atoms with Crippen LogP contribution in [-0.4, -0.2) is 32.9 Å². The predicted molar refractivity (Wildman–Crippen MR) is 86.7 cm³/mol. The lowest BCUT2D eigenvalue weighted by atomic mass is 10.2. The Bertz CT molecular complexity index is 687. The summed E-state index contributed by atoms with van der Waals surface area (Å²) in [5.41, 5.74) is 0.669. The first kappa shape index (κ1) is 16.2. The second-order valence-electron chi connectivity index (χ2n) is 4.84. The van der Waals surface area contributed by atoms with Crippen molar-refractivity contribution in [2.45, 2.75) is 31.5 Å². The molecule has 0 bridgehead atoms. The van der Waals surface area contributed by atoms with Crippen molar-refractivity contribution >= 4 is 17.7 Å². The standard InChI is InChI=1S/C15H18N4O2S/c1-3-10(2)16-12(20)9-22-15-17-14(21)13(18-19-15)11-7-5-4-6-8-11/h4-8,10H,3,9H2,1-2H3,(H,16,20)(H,17,19,21). The highest BCUT2D eigenvalue weighted by Gasteiger charge is 2.10. The second kappa shape index (κ2) is 7.74. The zero-order valence-corrected chi connectivity index (χ0v) is 13.3. The minimum atomic E-state index is -0.314. The molecule has 0 radical (unpaired) electrons. The van der Waals surface area contributed by atoms with Crippen molar-refractivity contribution in [3.05, 3.63) is 40.7 Å². The molecule has 1 atom stereocenters. The molecule has 0 saturated heterocycles. The number of aromatic amines is 1. The lowest BCUT2D eigenvalue weighted by Crippen LogP contribution is -2.33. The van der Waals surface area contributed by atoms with Gasteiger partial charge in [0, 0.05) is 11.6 Å². The molecule has 116 valence electrons. The summed E-state index contributed by atoms with van der Waals surface area (Å²) in [6.45, 7) is 3.95. The molecular weight excluding hydrogens is 300 g/mol. The number of hydrogen-bond acceptors (Lipinski definition) is 5. The van der Waals surface area contributed by atoms with Crippen molar-refractivity contribution < 1.29 is 4.79 Å². The summed E-state index contributed by atoms with van der Waals surface area (Å²) in [5, 5.41) is 11.1. The van der Waals surface area contributed by atoms with Gasteiger partial charge in [0.1, 0.15) is 0 Å². The van der Waals surface area contributed by atoms with E-state index >= 15 is 0 Å². The van der Waals surface area contributed by atoms with Crippen molar-refractivity contribution in [1.82, 2.24) is 20.5 Å². The van der Waals surface area contributed by atoms with Gasteiger partial charge in [0.05, 0.1) is 5.75 Å². The van der Waals surface area contributed by atoms with Gasteiger partial charge in [-0.25, -0.2) is 0 Å². The van der Waals surface area contributed by atoms with E-state index in [1.807, 2.05) is 32.0 Å². The van der Waals surface area contributed by atoms with Crippen LogP contribution in [0.3, 0.4) is 0 Å². The van der Waals surface area contributed by atoms with Crippen LogP contribution in [0.5, 0.6) is 0 Å². The van der Waals surface area contributed by atoms with Crippen molar-refractivity contribution in [2.75, 3.05) is 5.75 Å². The minimum absolute atomic E-state index is 0.0888. The quantitative estimate of drug-likeness (QED) is 0.794. The normalized spacial score (nSPS) is 11.9. The van der Waals surface area contributed by atoms with Crippen molar-refractivity contribution in [3.8, 4) is 11.3 Å². The number of nitrogens with zero attached hydrogens (tertiary/aromatic N) is 2. The van der Waals surface area contributed by atoms with Crippen molar-refractivity contribution in [2.24, 2.45) is 0 Å². The first-order chi connectivity index (χ1) is 10.6. The molecule has 0 aliphatic carbocycles. The molecule has 22 heavy (non-hydrogen) atoms. The number of nitrogens with one attached hydrogen (secondary N) is 2. The first-order valence-electron chi connectivity index (χ1n) is 7.04. The smallest absolute Gasteiger partial charge is 0.278 e. The topological polar surface area (TPSA) is 87.7 Å². The molecule has 0 aliphatic rings. The minimum Gasteiger partial charge on any atom is -0.353 e. The van der Waals surface area contributed by atoms with E-state index in [1.54, 1.807) is 12.1 Å². The van der Waals surface area contributed by atoms with Gasteiger partial charge in [-0.15, -0.1) is 10.2 Å². The van der Waals surface area contributed by atoms with E-state index in [0.717, 1.165) is 18.2 Å². The van der Waals surface area contributed by atoms with E-state index < -0.39 is 0 Å². The fourth-order valence-corrected chi connectivity index (χ4v) is 2.34. The number of benzene rings is 1. The zero-order chi connectivity index (χ0) is 15.9. The van der Waals surface area contributed by atoms with E-state index in [0.29, 0.717) is 10.7 Å². The second-order valence-corrected chi connectivity index (χ2v) is 5.80. The van der Waals surface area contributed by atoms with Gasteiger partial charge in [0.2, 0.25) is 5.91 Å². The molecule has 0 fully saturated rings. The maximum Gasteiger partial charge on any atom is 0.278 e. The van der Waals surface area contributed by atoms with Crippen LogP contribution in [0.15, 0.2) is 40.3 Å². The highest BCUT2D eigenvalue weighted by Crippen LogP contribution is 2.13. The molecule has 1 amide bonds. The third-order valence-electron chi connectivity index (χ3n) is 3.08. The van der Waals surface area contributed by atoms with Crippen LogP contribution < -0.4 is 10.9 Å². The highest BCUT2D eigenvalue weighted by atomic mass is 32.2. The number of thioether (sulfide) groups is 1. The molecule has 1 aromatic carbocycles. The molecule has 0 spiro atoms. The highest BCUT2D eigenvalue weighted by molar-refractivity contribution is 7.99. The Labute approximate surface area is 132 Å². The lowest BCUT2D eigenvalue weighted by Gasteiger charge is -2.10. The Kier molecular flexibility index (Phi) is 5.71. The molecule has 1 aromatic heterocycles. The maximum absolute atomic E-state index is 12.0. The Morgan fingerprint density at radius 3 is 2.68 bits per heavy atom. The monoisotopic (exact) mass is 318 g/mol. The molecule has 2 aromatic rings. The number of hydrogen-bond donors (Lipinski definition) is 2. The molecule has 2 N–H and O–H groups in total. The van der Waals surface area contributed by atoms with Crippen LogP contribution >= 0.6 is 11.8 Å². The maximum atomic E-state index is 12.0. The third-order valence-corrected chi connectivity index (χ3v) is 3.95. The molecule has 0 saturated carbocycles. The van der Waals surface area contributed by atoms with Crippen molar-refractivity contribution in [3.63, 3.8) is 0 Å². The van der Waals surface area contributed by atoms with E-state index in [1.165, 1.54) is 0 Å². The van der Waals surface area contributed by atoms with Gasteiger partial charge in [-0.05, 0) is 13.3 Å².